The minimum absolute atomic E-state index is 0.435. The summed E-state index contributed by atoms with van der Waals surface area (Å²) in [6.07, 6.45) is 1.63. The molecule has 6 heteroatoms. The lowest BCUT2D eigenvalue weighted by atomic mass is 10.2. The summed E-state index contributed by atoms with van der Waals surface area (Å²) in [5, 5.41) is 16.6. The van der Waals surface area contributed by atoms with Crippen molar-refractivity contribution in [2.24, 2.45) is 7.05 Å². The Balaban J connectivity index is 2.14. The number of benzene rings is 1. The Morgan fingerprint density at radius 3 is 3.00 bits per heavy atom. The maximum absolute atomic E-state index is 8.99. The first kappa shape index (κ1) is 11.4. The van der Waals surface area contributed by atoms with Crippen LogP contribution in [-0.2, 0) is 13.6 Å². The van der Waals surface area contributed by atoms with Gasteiger partial charge in [-0.25, -0.2) is 4.98 Å². The topological polar surface area (TPSA) is 66.5 Å². The Hall–Kier alpha value is -2.06. The molecular weight excluding hydrogens is 238 g/mol. The number of nitriles is 1. The molecule has 0 saturated heterocycles. The summed E-state index contributed by atoms with van der Waals surface area (Å²) in [4.78, 5) is 4.08. The van der Waals surface area contributed by atoms with Crippen LogP contribution in [0, 0.1) is 11.3 Å². The molecule has 0 aliphatic carbocycles. The number of hydrogen-bond donors (Lipinski definition) is 1. The third kappa shape index (κ3) is 2.55. The van der Waals surface area contributed by atoms with Crippen molar-refractivity contribution in [1.82, 2.24) is 14.8 Å². The third-order valence-electron chi connectivity index (χ3n) is 2.21. The van der Waals surface area contributed by atoms with Crippen LogP contribution in [0.2, 0.25) is 5.02 Å². The van der Waals surface area contributed by atoms with Gasteiger partial charge in [0.2, 0.25) is 0 Å². The number of anilines is 1. The minimum atomic E-state index is 0.435. The molecule has 2 aromatic rings. The number of aryl methyl sites for hydroxylation is 1. The van der Waals surface area contributed by atoms with Crippen LogP contribution < -0.4 is 5.32 Å². The van der Waals surface area contributed by atoms with E-state index in [1.54, 1.807) is 36.3 Å². The maximum Gasteiger partial charge on any atom is 0.169 e. The van der Waals surface area contributed by atoms with Gasteiger partial charge in [0.15, 0.2) is 5.82 Å². The standard InChI is InChI=1S/C11H10ClN5/c1-17-7-15-11(16-17)6-14-10-4-2-3-9(12)8(10)5-13/h2-4,7,14H,6H2,1H3. The number of nitrogens with zero attached hydrogens (tertiary/aromatic N) is 4. The zero-order valence-corrected chi connectivity index (χ0v) is 9.94. The Kier molecular flexibility index (Phi) is 3.26. The van der Waals surface area contributed by atoms with E-state index in [0.717, 1.165) is 0 Å². The normalized spacial score (nSPS) is 9.94. The zero-order chi connectivity index (χ0) is 12.3. The van der Waals surface area contributed by atoms with Gasteiger partial charge in [-0.1, -0.05) is 17.7 Å². The fourth-order valence-electron chi connectivity index (χ4n) is 1.42. The van der Waals surface area contributed by atoms with E-state index in [1.807, 2.05) is 0 Å². The van der Waals surface area contributed by atoms with Crippen molar-refractivity contribution in [3.8, 4) is 6.07 Å². The van der Waals surface area contributed by atoms with E-state index in [2.05, 4.69) is 21.5 Å². The molecule has 0 unspecified atom stereocenters. The minimum Gasteiger partial charge on any atom is -0.377 e. The highest BCUT2D eigenvalue weighted by atomic mass is 35.5. The lowest BCUT2D eigenvalue weighted by molar-refractivity contribution is 0.747. The molecular formula is C11H10ClN5. The number of hydrogen-bond acceptors (Lipinski definition) is 4. The van der Waals surface area contributed by atoms with Crippen LogP contribution in [0.1, 0.15) is 11.4 Å². The molecule has 1 aromatic heterocycles. The summed E-state index contributed by atoms with van der Waals surface area (Å²) in [5.74, 6) is 0.663. The van der Waals surface area contributed by atoms with Crippen molar-refractivity contribution in [2.75, 3.05) is 5.32 Å². The van der Waals surface area contributed by atoms with Gasteiger partial charge in [0, 0.05) is 7.05 Å². The molecule has 0 saturated carbocycles. The maximum atomic E-state index is 8.99. The van der Waals surface area contributed by atoms with Crippen LogP contribution in [0.5, 0.6) is 0 Å². The Bertz CT molecular complexity index is 569. The molecule has 0 radical (unpaired) electrons. The molecule has 1 heterocycles. The zero-order valence-electron chi connectivity index (χ0n) is 9.18. The van der Waals surface area contributed by atoms with Gasteiger partial charge in [0.1, 0.15) is 12.4 Å². The van der Waals surface area contributed by atoms with Gasteiger partial charge in [0.05, 0.1) is 22.8 Å². The van der Waals surface area contributed by atoms with E-state index >= 15 is 0 Å². The van der Waals surface area contributed by atoms with Crippen LogP contribution >= 0.6 is 11.6 Å². The van der Waals surface area contributed by atoms with Crippen molar-refractivity contribution in [3.63, 3.8) is 0 Å². The molecule has 0 aliphatic rings. The fraction of sp³-hybridized carbons (Fsp3) is 0.182. The van der Waals surface area contributed by atoms with Gasteiger partial charge >= 0.3 is 0 Å². The van der Waals surface area contributed by atoms with Crippen molar-refractivity contribution in [1.29, 1.82) is 5.26 Å². The molecule has 0 bridgehead atoms. The van der Waals surface area contributed by atoms with Crippen molar-refractivity contribution in [3.05, 3.63) is 40.9 Å². The molecule has 5 nitrogen and oxygen atoms in total. The number of nitrogens with one attached hydrogen (secondary N) is 1. The SMILES string of the molecule is Cn1cnc(CNc2cccc(Cl)c2C#N)n1. The first-order chi connectivity index (χ1) is 8.20. The van der Waals surface area contributed by atoms with Crippen molar-refractivity contribution in [2.45, 2.75) is 6.54 Å². The van der Waals surface area contributed by atoms with Gasteiger partial charge in [-0.3, -0.25) is 4.68 Å². The van der Waals surface area contributed by atoms with E-state index in [-0.39, 0.29) is 0 Å². The third-order valence-corrected chi connectivity index (χ3v) is 2.52. The molecule has 86 valence electrons. The summed E-state index contributed by atoms with van der Waals surface area (Å²) < 4.78 is 1.63. The summed E-state index contributed by atoms with van der Waals surface area (Å²) in [6.45, 7) is 0.454. The predicted molar refractivity (Wildman–Crippen MR) is 64.5 cm³/mol. The van der Waals surface area contributed by atoms with Crippen LogP contribution in [-0.4, -0.2) is 14.8 Å². The van der Waals surface area contributed by atoms with Crippen molar-refractivity contribution >= 4 is 17.3 Å². The fourth-order valence-corrected chi connectivity index (χ4v) is 1.64. The van der Waals surface area contributed by atoms with E-state index < -0.39 is 0 Å². The molecule has 0 spiro atoms. The second kappa shape index (κ2) is 4.85. The number of aromatic nitrogens is 3. The second-order valence-corrected chi connectivity index (χ2v) is 3.87. The van der Waals surface area contributed by atoms with E-state index in [4.69, 9.17) is 16.9 Å². The quantitative estimate of drug-likeness (QED) is 0.900. The Morgan fingerprint density at radius 2 is 2.35 bits per heavy atom. The van der Waals surface area contributed by atoms with E-state index in [9.17, 15) is 0 Å². The summed E-state index contributed by atoms with van der Waals surface area (Å²) in [5.41, 5.74) is 1.12. The summed E-state index contributed by atoms with van der Waals surface area (Å²) in [6, 6.07) is 7.34. The monoisotopic (exact) mass is 247 g/mol. The highest BCUT2D eigenvalue weighted by molar-refractivity contribution is 6.32. The molecule has 0 aliphatic heterocycles. The Labute approximate surface area is 104 Å². The average Bonchev–Trinajstić information content (AvgIpc) is 2.72. The Morgan fingerprint density at radius 1 is 1.53 bits per heavy atom. The molecule has 17 heavy (non-hydrogen) atoms. The van der Waals surface area contributed by atoms with Crippen LogP contribution in [0.3, 0.4) is 0 Å². The highest BCUT2D eigenvalue weighted by Crippen LogP contribution is 2.23. The smallest absolute Gasteiger partial charge is 0.169 e. The lowest BCUT2D eigenvalue weighted by Crippen LogP contribution is -2.03. The van der Waals surface area contributed by atoms with Gasteiger partial charge in [-0.2, -0.15) is 10.4 Å². The largest absolute Gasteiger partial charge is 0.377 e. The first-order valence-electron chi connectivity index (χ1n) is 4.97. The van der Waals surface area contributed by atoms with Crippen molar-refractivity contribution < 1.29 is 0 Å². The average molecular weight is 248 g/mol. The van der Waals surface area contributed by atoms with E-state index in [0.29, 0.717) is 28.6 Å². The summed E-state index contributed by atoms with van der Waals surface area (Å²) in [7, 11) is 1.80. The molecule has 1 aromatic carbocycles. The van der Waals surface area contributed by atoms with Crippen LogP contribution in [0.15, 0.2) is 24.5 Å². The lowest BCUT2D eigenvalue weighted by Gasteiger charge is -2.06. The van der Waals surface area contributed by atoms with E-state index in [1.165, 1.54) is 0 Å². The first-order valence-corrected chi connectivity index (χ1v) is 5.35. The van der Waals surface area contributed by atoms with Crippen LogP contribution in [0.4, 0.5) is 5.69 Å². The van der Waals surface area contributed by atoms with Gasteiger partial charge in [0.25, 0.3) is 0 Å². The highest BCUT2D eigenvalue weighted by Gasteiger charge is 2.06. The molecule has 2 rings (SSSR count). The summed E-state index contributed by atoms with van der Waals surface area (Å²) >= 11 is 5.92. The molecule has 0 fully saturated rings. The number of rotatable bonds is 3. The van der Waals surface area contributed by atoms with Gasteiger partial charge in [-0.15, -0.1) is 0 Å². The predicted octanol–water partition coefficient (Wildman–Crippen LogP) is 1.95. The van der Waals surface area contributed by atoms with Gasteiger partial charge < -0.3 is 5.32 Å². The second-order valence-electron chi connectivity index (χ2n) is 3.46. The molecule has 0 amide bonds. The molecule has 1 N–H and O–H groups in total. The molecule has 0 atom stereocenters. The van der Waals surface area contributed by atoms with Gasteiger partial charge in [-0.05, 0) is 12.1 Å². The van der Waals surface area contributed by atoms with Crippen LogP contribution in [0.25, 0.3) is 0 Å². The number of halogens is 1.